The van der Waals surface area contributed by atoms with E-state index in [4.69, 9.17) is 18.9 Å². The van der Waals surface area contributed by atoms with Crippen molar-refractivity contribution in [3.05, 3.63) is 129 Å². The van der Waals surface area contributed by atoms with E-state index in [1.165, 1.54) is 39.5 Å². The van der Waals surface area contributed by atoms with Crippen molar-refractivity contribution in [2.24, 2.45) is 0 Å². The Hall–Kier alpha value is -4.69. The Morgan fingerprint density at radius 2 is 1.36 bits per heavy atom. The molecule has 0 amide bonds. The Morgan fingerprint density at radius 1 is 0.769 bits per heavy atom. The smallest absolute Gasteiger partial charge is 0.269 e. The van der Waals surface area contributed by atoms with E-state index in [-0.39, 0.29) is 23.5 Å². The molecule has 0 radical (unpaired) electrons. The van der Waals surface area contributed by atoms with Gasteiger partial charge in [0.1, 0.15) is 29.5 Å². The van der Waals surface area contributed by atoms with Crippen LogP contribution in [0, 0.1) is 10.1 Å². The van der Waals surface area contributed by atoms with Crippen molar-refractivity contribution < 1.29 is 28.7 Å². The predicted molar refractivity (Wildman–Crippen MR) is 147 cm³/mol. The first-order valence-electron chi connectivity index (χ1n) is 12.3. The first-order chi connectivity index (χ1) is 18.9. The van der Waals surface area contributed by atoms with Crippen LogP contribution in [0.5, 0.6) is 17.2 Å². The number of rotatable bonds is 12. The van der Waals surface area contributed by atoms with Gasteiger partial charge in [-0.05, 0) is 35.4 Å². The third-order valence-electron chi connectivity index (χ3n) is 6.35. The van der Waals surface area contributed by atoms with Gasteiger partial charge < -0.3 is 18.9 Å². The maximum Gasteiger partial charge on any atom is 0.269 e. The largest absolute Gasteiger partial charge is 0.497 e. The SMILES string of the molecule is COc1ccc(OC)c(C(=O)[C@H](Cc2cc([N+](=O)[O-])ccc2OC)OC(c2ccccc2)c2ccccc2)c1. The summed E-state index contributed by atoms with van der Waals surface area (Å²) in [6, 6.07) is 28.4. The standard InChI is InChI=1S/C31H29NO7/c1-36-25-15-17-28(38-3)26(20-25)30(33)29(19-23-18-24(32(34)35)14-16-27(23)37-2)39-31(21-10-6-4-7-11-21)22-12-8-5-9-13-22/h4-18,20,29,31H,19H2,1-3H3/t29-/m0/s1. The second-order valence-electron chi connectivity index (χ2n) is 8.71. The van der Waals surface area contributed by atoms with Crippen LogP contribution in [0.4, 0.5) is 5.69 Å². The van der Waals surface area contributed by atoms with Crippen molar-refractivity contribution in [1.29, 1.82) is 0 Å². The number of ether oxygens (including phenoxy) is 4. The normalized spacial score (nSPS) is 11.6. The monoisotopic (exact) mass is 527 g/mol. The van der Waals surface area contributed by atoms with Gasteiger partial charge in [-0.3, -0.25) is 14.9 Å². The van der Waals surface area contributed by atoms with Crippen LogP contribution < -0.4 is 14.2 Å². The number of Topliss-reactive ketones (excluding diaryl/α,β-unsaturated/α-hetero) is 1. The lowest BCUT2D eigenvalue weighted by Crippen LogP contribution is -2.30. The molecular weight excluding hydrogens is 498 g/mol. The lowest BCUT2D eigenvalue weighted by atomic mass is 9.96. The number of nitro benzene ring substituents is 1. The van der Waals surface area contributed by atoms with E-state index in [0.29, 0.717) is 22.8 Å². The molecule has 0 N–H and O–H groups in total. The minimum atomic E-state index is -1.06. The zero-order chi connectivity index (χ0) is 27.8. The fraction of sp³-hybridized carbons (Fsp3) is 0.194. The molecule has 0 fully saturated rings. The van der Waals surface area contributed by atoms with Crippen LogP contribution in [0.2, 0.25) is 0 Å². The number of carbonyl (C=O) groups is 1. The summed E-state index contributed by atoms with van der Waals surface area (Å²) in [5, 5.41) is 11.5. The van der Waals surface area contributed by atoms with Gasteiger partial charge in [-0.15, -0.1) is 0 Å². The van der Waals surface area contributed by atoms with Gasteiger partial charge in [0.05, 0.1) is 31.8 Å². The minimum absolute atomic E-state index is 0.0141. The number of non-ortho nitro benzene ring substituents is 1. The molecule has 1 atom stereocenters. The van der Waals surface area contributed by atoms with Crippen LogP contribution >= 0.6 is 0 Å². The highest BCUT2D eigenvalue weighted by molar-refractivity contribution is 6.02. The van der Waals surface area contributed by atoms with E-state index in [1.807, 2.05) is 60.7 Å². The Morgan fingerprint density at radius 3 is 1.90 bits per heavy atom. The van der Waals surface area contributed by atoms with Crippen molar-refractivity contribution in [2.75, 3.05) is 21.3 Å². The molecule has 4 rings (SSSR count). The first kappa shape index (κ1) is 27.3. The lowest BCUT2D eigenvalue weighted by molar-refractivity contribution is -0.384. The Bertz CT molecular complexity index is 1380. The summed E-state index contributed by atoms with van der Waals surface area (Å²) < 4.78 is 23.0. The van der Waals surface area contributed by atoms with Crippen LogP contribution in [0.15, 0.2) is 97.1 Å². The topological polar surface area (TPSA) is 97.1 Å². The average Bonchev–Trinajstić information content (AvgIpc) is 2.99. The summed E-state index contributed by atoms with van der Waals surface area (Å²) in [5.74, 6) is 0.886. The molecule has 0 saturated carbocycles. The van der Waals surface area contributed by atoms with E-state index in [2.05, 4.69) is 0 Å². The van der Waals surface area contributed by atoms with Gasteiger partial charge in [0, 0.05) is 24.1 Å². The fourth-order valence-corrected chi connectivity index (χ4v) is 4.39. The maximum atomic E-state index is 14.2. The van der Waals surface area contributed by atoms with Crippen LogP contribution in [-0.4, -0.2) is 38.1 Å². The molecular formula is C31H29NO7. The second kappa shape index (κ2) is 12.7. The van der Waals surface area contributed by atoms with Crippen molar-refractivity contribution >= 4 is 11.5 Å². The molecule has 0 unspecified atom stereocenters. The van der Waals surface area contributed by atoms with Crippen molar-refractivity contribution in [1.82, 2.24) is 0 Å². The van der Waals surface area contributed by atoms with Crippen molar-refractivity contribution in [2.45, 2.75) is 18.6 Å². The molecule has 0 saturated heterocycles. The van der Waals surface area contributed by atoms with E-state index < -0.39 is 17.1 Å². The summed E-state index contributed by atoms with van der Waals surface area (Å²) in [7, 11) is 4.47. The number of hydrogen-bond acceptors (Lipinski definition) is 7. The molecule has 0 heterocycles. The van der Waals surface area contributed by atoms with E-state index in [0.717, 1.165) is 11.1 Å². The fourth-order valence-electron chi connectivity index (χ4n) is 4.39. The number of carbonyl (C=O) groups excluding carboxylic acids is 1. The van der Waals surface area contributed by atoms with Gasteiger partial charge in [0.2, 0.25) is 0 Å². The molecule has 0 bridgehead atoms. The summed E-state index contributed by atoms with van der Waals surface area (Å²) in [6.07, 6.45) is -1.64. The number of hydrogen-bond donors (Lipinski definition) is 0. The van der Waals surface area contributed by atoms with Gasteiger partial charge in [-0.25, -0.2) is 0 Å². The molecule has 4 aromatic carbocycles. The average molecular weight is 528 g/mol. The molecule has 200 valence electrons. The molecule has 0 aliphatic carbocycles. The van der Waals surface area contributed by atoms with Crippen LogP contribution in [0.3, 0.4) is 0 Å². The van der Waals surface area contributed by atoms with E-state index >= 15 is 0 Å². The van der Waals surface area contributed by atoms with Gasteiger partial charge in [0.25, 0.3) is 5.69 Å². The second-order valence-corrected chi connectivity index (χ2v) is 8.71. The van der Waals surface area contributed by atoms with Crippen molar-refractivity contribution in [3.8, 4) is 17.2 Å². The molecule has 8 nitrogen and oxygen atoms in total. The van der Waals surface area contributed by atoms with Crippen LogP contribution in [0.25, 0.3) is 0 Å². The number of benzene rings is 4. The Labute approximate surface area is 226 Å². The van der Waals surface area contributed by atoms with Crippen LogP contribution in [0.1, 0.15) is 33.2 Å². The van der Waals surface area contributed by atoms with Gasteiger partial charge in [-0.1, -0.05) is 60.7 Å². The van der Waals surface area contributed by atoms with E-state index in [9.17, 15) is 14.9 Å². The summed E-state index contributed by atoms with van der Waals surface area (Å²) >= 11 is 0. The maximum absolute atomic E-state index is 14.2. The zero-order valence-electron chi connectivity index (χ0n) is 21.9. The Balaban J connectivity index is 1.83. The molecule has 0 aliphatic rings. The predicted octanol–water partition coefficient (Wildman–Crippen LogP) is 6.22. The molecule has 39 heavy (non-hydrogen) atoms. The highest BCUT2D eigenvalue weighted by Crippen LogP contribution is 2.34. The number of nitro groups is 1. The van der Waals surface area contributed by atoms with E-state index in [1.54, 1.807) is 18.2 Å². The number of ketones is 1. The van der Waals surface area contributed by atoms with Crippen LogP contribution in [-0.2, 0) is 11.2 Å². The lowest BCUT2D eigenvalue weighted by Gasteiger charge is -2.26. The Kier molecular flexibility index (Phi) is 8.91. The molecule has 0 aliphatic heterocycles. The van der Waals surface area contributed by atoms with Gasteiger partial charge in [-0.2, -0.15) is 0 Å². The third-order valence-corrected chi connectivity index (χ3v) is 6.35. The highest BCUT2D eigenvalue weighted by Gasteiger charge is 2.30. The zero-order valence-corrected chi connectivity index (χ0v) is 21.9. The minimum Gasteiger partial charge on any atom is -0.497 e. The van der Waals surface area contributed by atoms with Gasteiger partial charge in [0.15, 0.2) is 5.78 Å². The van der Waals surface area contributed by atoms with Gasteiger partial charge >= 0.3 is 0 Å². The molecule has 8 heteroatoms. The highest BCUT2D eigenvalue weighted by atomic mass is 16.6. The molecule has 0 aromatic heterocycles. The third kappa shape index (κ3) is 6.42. The first-order valence-corrected chi connectivity index (χ1v) is 12.3. The summed E-state index contributed by atoms with van der Waals surface area (Å²) in [4.78, 5) is 25.2. The molecule has 4 aromatic rings. The number of methoxy groups -OCH3 is 3. The number of nitrogens with zero attached hydrogens (tertiary/aromatic N) is 1. The summed E-state index contributed by atoms with van der Waals surface area (Å²) in [6.45, 7) is 0. The van der Waals surface area contributed by atoms with Crippen molar-refractivity contribution in [3.63, 3.8) is 0 Å². The molecule has 0 spiro atoms. The quantitative estimate of drug-likeness (QED) is 0.123. The summed E-state index contributed by atoms with van der Waals surface area (Å²) in [5.41, 5.74) is 2.33.